The highest BCUT2D eigenvalue weighted by atomic mass is 16.7. The van der Waals surface area contributed by atoms with Gasteiger partial charge in [0.2, 0.25) is 0 Å². The van der Waals surface area contributed by atoms with Crippen molar-refractivity contribution in [3.8, 4) is 0 Å². The number of carbonyl (C=O) groups excluding carboxylic acids is 2. The number of unbranched alkanes of at least 4 members (excludes halogenated alkanes) is 42. The quantitative estimate of drug-likeness (QED) is 0.0211. The van der Waals surface area contributed by atoms with Crippen LogP contribution in [0.3, 0.4) is 0 Å². The van der Waals surface area contributed by atoms with E-state index in [1.165, 1.54) is 231 Å². The summed E-state index contributed by atoms with van der Waals surface area (Å²) >= 11 is 0. The third kappa shape index (κ3) is 86.3. The monoisotopic (exact) mass is 1460 g/mol. The van der Waals surface area contributed by atoms with Crippen LogP contribution in [0.2, 0.25) is 0 Å². The number of quaternary nitrogens is 1. The summed E-state index contributed by atoms with van der Waals surface area (Å²) in [6.07, 6.45) is 122. The first kappa shape index (κ1) is 100. The van der Waals surface area contributed by atoms with Crippen molar-refractivity contribution >= 4 is 17.9 Å². The molecule has 0 aromatic carbocycles. The zero-order chi connectivity index (χ0) is 76.0. The Labute approximate surface area is 649 Å². The van der Waals surface area contributed by atoms with Gasteiger partial charge >= 0.3 is 17.9 Å². The van der Waals surface area contributed by atoms with Gasteiger partial charge in [-0.3, -0.25) is 9.59 Å². The molecule has 0 spiro atoms. The first-order valence-electron chi connectivity index (χ1n) is 44.0. The molecule has 0 radical (unpaired) electrons. The fourth-order valence-electron chi connectivity index (χ4n) is 12.4. The molecule has 0 aliphatic rings. The highest BCUT2D eigenvalue weighted by molar-refractivity contribution is 5.71. The van der Waals surface area contributed by atoms with E-state index in [0.29, 0.717) is 23.9 Å². The lowest BCUT2D eigenvalue weighted by atomic mass is 10.0. The largest absolute Gasteiger partial charge is 0.477 e. The van der Waals surface area contributed by atoms with Crippen LogP contribution in [0.5, 0.6) is 0 Å². The molecule has 602 valence electrons. The van der Waals surface area contributed by atoms with Crippen molar-refractivity contribution in [3.05, 3.63) is 146 Å². The van der Waals surface area contributed by atoms with E-state index < -0.39 is 24.3 Å². The number of rotatable bonds is 81. The summed E-state index contributed by atoms with van der Waals surface area (Å²) in [7, 11) is 5.98. The maximum Gasteiger partial charge on any atom is 0.361 e. The molecule has 0 aliphatic heterocycles. The first-order chi connectivity index (χ1) is 51.6. The van der Waals surface area contributed by atoms with Gasteiger partial charge < -0.3 is 28.5 Å². The molecule has 0 aromatic rings. The van der Waals surface area contributed by atoms with Crippen LogP contribution in [0.4, 0.5) is 0 Å². The van der Waals surface area contributed by atoms with E-state index in [1.54, 1.807) is 0 Å². The second-order valence-electron chi connectivity index (χ2n) is 30.5. The molecule has 0 aromatic heterocycles. The number of carboxylic acid groups (broad SMARTS) is 1. The molecule has 2 atom stereocenters. The molecule has 2 unspecified atom stereocenters. The SMILES string of the molecule is CC/C=C\C/C=C\C/C=C\C/C=C\C/C=C\C/C=C\C/C=C\C/C=C\C/C=C\C/C=C\C/C=C\CCCCCCCC(=O)OC(COC(=O)CCCCCCCCCCCCCCCCCCCCCCCCCCCCCCC/C=C\CCCCCCCCCC)COC(OCC[N+](C)(C)C)C(=O)O. The van der Waals surface area contributed by atoms with Gasteiger partial charge in [-0.1, -0.05) is 397 Å². The number of esters is 2. The Morgan fingerprint density at radius 3 is 0.819 bits per heavy atom. The molecule has 0 heterocycles. The van der Waals surface area contributed by atoms with Crippen molar-refractivity contribution in [2.45, 2.75) is 399 Å². The Morgan fingerprint density at radius 1 is 0.295 bits per heavy atom. The van der Waals surface area contributed by atoms with Gasteiger partial charge in [-0.15, -0.1) is 0 Å². The van der Waals surface area contributed by atoms with Crippen LogP contribution in [0.15, 0.2) is 146 Å². The number of nitrogens with zero attached hydrogens (tertiary/aromatic N) is 1. The fourth-order valence-corrected chi connectivity index (χ4v) is 12.4. The number of allylic oxidation sites excluding steroid dienone is 24. The number of aliphatic carboxylic acids is 1. The maximum absolute atomic E-state index is 13.0. The molecule has 0 amide bonds. The van der Waals surface area contributed by atoms with E-state index >= 15 is 0 Å². The minimum atomic E-state index is -1.53. The molecule has 0 bridgehead atoms. The summed E-state index contributed by atoms with van der Waals surface area (Å²) in [5, 5.41) is 9.79. The number of hydrogen-bond acceptors (Lipinski definition) is 7. The normalized spacial score (nSPS) is 13.3. The van der Waals surface area contributed by atoms with E-state index in [1.807, 2.05) is 21.1 Å². The molecule has 1 N–H and O–H groups in total. The molecule has 0 rings (SSSR count). The van der Waals surface area contributed by atoms with Gasteiger partial charge in [0, 0.05) is 12.8 Å². The first-order valence-corrected chi connectivity index (χ1v) is 44.0. The summed E-state index contributed by atoms with van der Waals surface area (Å²) in [4.78, 5) is 37.8. The third-order valence-electron chi connectivity index (χ3n) is 19.1. The lowest BCUT2D eigenvalue weighted by molar-refractivity contribution is -0.870. The molecular weight excluding hydrogens is 1300 g/mol. The van der Waals surface area contributed by atoms with Gasteiger partial charge in [-0.2, -0.15) is 0 Å². The van der Waals surface area contributed by atoms with Crippen LogP contribution >= 0.6 is 0 Å². The average molecular weight is 1460 g/mol. The Bertz CT molecular complexity index is 2250. The summed E-state index contributed by atoms with van der Waals surface area (Å²) in [6.45, 7) is 4.77. The highest BCUT2D eigenvalue weighted by Gasteiger charge is 2.25. The van der Waals surface area contributed by atoms with Crippen molar-refractivity contribution in [1.82, 2.24) is 0 Å². The van der Waals surface area contributed by atoms with E-state index in [2.05, 4.69) is 160 Å². The lowest BCUT2D eigenvalue weighted by Crippen LogP contribution is -2.40. The van der Waals surface area contributed by atoms with Gasteiger partial charge in [0.25, 0.3) is 6.29 Å². The van der Waals surface area contributed by atoms with Crippen LogP contribution in [0.25, 0.3) is 0 Å². The van der Waals surface area contributed by atoms with Crippen molar-refractivity contribution in [3.63, 3.8) is 0 Å². The minimum absolute atomic E-state index is 0.178. The van der Waals surface area contributed by atoms with Gasteiger partial charge in [0.15, 0.2) is 6.10 Å². The Kier molecular flexibility index (Phi) is 80.9. The zero-order valence-electron chi connectivity index (χ0n) is 69.1. The van der Waals surface area contributed by atoms with Gasteiger partial charge in [-0.05, 0) is 122 Å². The topological polar surface area (TPSA) is 108 Å². The van der Waals surface area contributed by atoms with Crippen molar-refractivity contribution in [2.24, 2.45) is 0 Å². The third-order valence-corrected chi connectivity index (χ3v) is 19.1. The number of hydrogen-bond donors (Lipinski definition) is 1. The predicted molar refractivity (Wildman–Crippen MR) is 456 cm³/mol. The van der Waals surface area contributed by atoms with Gasteiger partial charge in [-0.25, -0.2) is 4.79 Å². The van der Waals surface area contributed by atoms with Crippen LogP contribution < -0.4 is 0 Å². The number of likely N-dealkylation sites (N-methyl/N-ethyl adjacent to an activating group) is 1. The molecule has 105 heavy (non-hydrogen) atoms. The van der Waals surface area contributed by atoms with E-state index in [4.69, 9.17) is 18.9 Å². The highest BCUT2D eigenvalue weighted by Crippen LogP contribution is 2.19. The second kappa shape index (κ2) is 84.8. The fraction of sp³-hybridized carbons (Fsp3) is 0.719. The maximum atomic E-state index is 13.0. The molecule has 9 heteroatoms. The van der Waals surface area contributed by atoms with Crippen molar-refractivity contribution < 1.29 is 42.9 Å². The minimum Gasteiger partial charge on any atom is -0.477 e. The van der Waals surface area contributed by atoms with Crippen LogP contribution in [-0.4, -0.2) is 87.4 Å². The van der Waals surface area contributed by atoms with Crippen LogP contribution in [0.1, 0.15) is 386 Å². The number of carboxylic acids is 1. The Morgan fingerprint density at radius 2 is 0.543 bits per heavy atom. The van der Waals surface area contributed by atoms with Gasteiger partial charge in [0.1, 0.15) is 13.2 Å². The number of ether oxygens (including phenoxy) is 4. The summed E-state index contributed by atoms with van der Waals surface area (Å²) in [5.41, 5.74) is 0. The molecule has 0 saturated carbocycles. The Hall–Kier alpha value is -4.83. The molecular formula is C96H166NO8+. The zero-order valence-corrected chi connectivity index (χ0v) is 69.1. The van der Waals surface area contributed by atoms with Crippen molar-refractivity contribution in [2.75, 3.05) is 47.5 Å². The van der Waals surface area contributed by atoms with E-state index in [0.717, 1.165) is 122 Å². The average Bonchev–Trinajstić information content (AvgIpc) is 1.97. The molecule has 9 nitrogen and oxygen atoms in total. The summed E-state index contributed by atoms with van der Waals surface area (Å²) in [5.74, 6) is -2.03. The summed E-state index contributed by atoms with van der Waals surface area (Å²) in [6, 6.07) is 0. The van der Waals surface area contributed by atoms with E-state index in [9.17, 15) is 19.5 Å². The standard InChI is InChI=1S/C96H165NO8/c1-6-8-10-12-14-16-18-20-22-24-26-28-30-32-34-36-38-40-42-44-46-47-49-50-52-54-56-58-60-62-64-66-68-70-72-74-76-78-80-82-84-86-93(98)103-90-92(91-104-96(95(100)101)102-89-88-97(3,4)5)105-94(99)87-85-83-81-79-77-75-73-71-69-67-65-63-61-59-57-55-53-51-48-45-43-41-39-37-35-33-31-29-27-25-23-21-19-17-15-13-11-9-7-2/h9,11,15,17,21,23-24,26-27,29,33,35,39,41,45,48,53,55,59,61,65,67,71,73,92,96H,6-8,10,12-14,16,18-20,22,25,28,30-32,34,36-38,40,42-44,46-47,49-52,54,56-58,60,62-64,66,68-70,72,74-91H2,1-5H3/p+1/b11-9-,17-15-,23-21-,26-24-,29-27-,35-33-,41-39-,48-45-,55-53-,61-59-,67-65-,73-71-. The summed E-state index contributed by atoms with van der Waals surface area (Å²) < 4.78 is 23.0. The lowest BCUT2D eigenvalue weighted by Gasteiger charge is -2.25. The Balaban J connectivity index is 4.04. The molecule has 0 fully saturated rings. The smallest absolute Gasteiger partial charge is 0.361 e. The van der Waals surface area contributed by atoms with Gasteiger partial charge in [0.05, 0.1) is 34.4 Å². The predicted octanol–water partition coefficient (Wildman–Crippen LogP) is 28.9. The van der Waals surface area contributed by atoms with Crippen LogP contribution in [0, 0.1) is 0 Å². The molecule has 0 saturated heterocycles. The molecule has 0 aliphatic carbocycles. The van der Waals surface area contributed by atoms with Crippen molar-refractivity contribution in [1.29, 1.82) is 0 Å². The van der Waals surface area contributed by atoms with E-state index in [-0.39, 0.29) is 32.2 Å². The van der Waals surface area contributed by atoms with Crippen LogP contribution in [-0.2, 0) is 33.3 Å². The number of carbonyl (C=O) groups is 3. The second-order valence-corrected chi connectivity index (χ2v) is 30.5.